The van der Waals surface area contributed by atoms with Crippen molar-refractivity contribution in [1.82, 2.24) is 9.38 Å². The third-order valence-corrected chi connectivity index (χ3v) is 5.46. The van der Waals surface area contributed by atoms with Crippen LogP contribution >= 0.6 is 22.9 Å². The number of halogens is 1. The van der Waals surface area contributed by atoms with Crippen LogP contribution < -0.4 is 10.6 Å². The van der Waals surface area contributed by atoms with Gasteiger partial charge in [0, 0.05) is 35.4 Å². The van der Waals surface area contributed by atoms with E-state index in [0.29, 0.717) is 16.4 Å². The molecule has 2 aromatic carbocycles. The fourth-order valence-electron chi connectivity index (χ4n) is 2.96. The Labute approximate surface area is 176 Å². The summed E-state index contributed by atoms with van der Waals surface area (Å²) >= 11 is 7.72. The van der Waals surface area contributed by atoms with E-state index in [1.807, 2.05) is 46.3 Å². The minimum absolute atomic E-state index is 0.186. The molecule has 0 aliphatic carbocycles. The van der Waals surface area contributed by atoms with E-state index >= 15 is 0 Å². The number of thiazole rings is 1. The molecule has 0 atom stereocenters. The maximum Gasteiger partial charge on any atom is 0.230 e. The number of hydrogen-bond acceptors (Lipinski definition) is 4. The second-order valence-electron chi connectivity index (χ2n) is 6.47. The van der Waals surface area contributed by atoms with Crippen LogP contribution in [0.2, 0.25) is 5.02 Å². The Bertz CT molecular complexity index is 1200. The van der Waals surface area contributed by atoms with Crippen molar-refractivity contribution in [2.75, 3.05) is 10.6 Å². The summed E-state index contributed by atoms with van der Waals surface area (Å²) in [6, 6.07) is 14.9. The van der Waals surface area contributed by atoms with Crippen molar-refractivity contribution < 1.29 is 9.59 Å². The fourth-order valence-corrected chi connectivity index (χ4v) is 4.06. The molecular weight excluding hydrogens is 408 g/mol. The Morgan fingerprint density at radius 1 is 1.14 bits per heavy atom. The topological polar surface area (TPSA) is 75.5 Å². The molecule has 0 saturated carbocycles. The van der Waals surface area contributed by atoms with Gasteiger partial charge in [0.25, 0.3) is 0 Å². The van der Waals surface area contributed by atoms with Gasteiger partial charge < -0.3 is 10.6 Å². The van der Waals surface area contributed by atoms with E-state index in [1.165, 1.54) is 18.3 Å². The lowest BCUT2D eigenvalue weighted by Gasteiger charge is -2.09. The molecule has 0 aliphatic heterocycles. The fraction of sp³-hybridized carbons (Fsp3) is 0.0952. The second kappa shape index (κ2) is 8.06. The third-order valence-electron chi connectivity index (χ3n) is 4.26. The summed E-state index contributed by atoms with van der Waals surface area (Å²) in [4.78, 5) is 29.2. The van der Waals surface area contributed by atoms with Crippen molar-refractivity contribution in [2.45, 2.75) is 13.3 Å². The highest BCUT2D eigenvalue weighted by Gasteiger charge is 2.14. The number of nitrogens with zero attached hydrogens (tertiary/aromatic N) is 2. The highest BCUT2D eigenvalue weighted by Crippen LogP contribution is 2.27. The van der Waals surface area contributed by atoms with Gasteiger partial charge in [-0.1, -0.05) is 41.9 Å². The lowest BCUT2D eigenvalue weighted by molar-refractivity contribution is -0.116. The van der Waals surface area contributed by atoms with E-state index in [1.54, 1.807) is 18.2 Å². The number of aromatic nitrogens is 2. The van der Waals surface area contributed by atoms with E-state index < -0.39 is 0 Å². The molecule has 4 aromatic rings. The number of imidazole rings is 1. The Morgan fingerprint density at radius 3 is 2.66 bits per heavy atom. The minimum Gasteiger partial charge on any atom is -0.326 e. The highest BCUT2D eigenvalue weighted by atomic mass is 35.5. The van der Waals surface area contributed by atoms with Gasteiger partial charge in [0.1, 0.15) is 0 Å². The van der Waals surface area contributed by atoms with Crippen LogP contribution in [-0.4, -0.2) is 21.2 Å². The van der Waals surface area contributed by atoms with E-state index in [0.717, 1.165) is 21.9 Å². The van der Waals surface area contributed by atoms with Crippen LogP contribution in [0.3, 0.4) is 0 Å². The number of hydrogen-bond donors (Lipinski definition) is 2. The van der Waals surface area contributed by atoms with Gasteiger partial charge in [-0.3, -0.25) is 14.0 Å². The molecule has 0 radical (unpaired) electrons. The zero-order valence-corrected chi connectivity index (χ0v) is 17.1. The Hall–Kier alpha value is -3.16. The van der Waals surface area contributed by atoms with Crippen molar-refractivity contribution in [3.8, 4) is 11.3 Å². The normalized spacial score (nSPS) is 10.8. The number of amides is 2. The first kappa shape index (κ1) is 19.2. The molecule has 6 nitrogen and oxygen atoms in total. The largest absolute Gasteiger partial charge is 0.326 e. The lowest BCUT2D eigenvalue weighted by Crippen LogP contribution is -2.15. The first-order valence-electron chi connectivity index (χ1n) is 8.87. The molecule has 2 heterocycles. The molecule has 0 spiro atoms. The van der Waals surface area contributed by atoms with Gasteiger partial charge in [0.2, 0.25) is 11.8 Å². The molecule has 0 bridgehead atoms. The van der Waals surface area contributed by atoms with Crippen LogP contribution in [0.1, 0.15) is 12.6 Å². The van der Waals surface area contributed by atoms with Crippen LogP contribution in [0.4, 0.5) is 11.4 Å². The standard InChI is InChI=1S/C21H17ClN4O2S/c1-13(27)23-15-7-8-18(17(22)9-15)24-20(28)10-16-12-29-21-25-19(11-26(16)21)14-5-3-2-4-6-14/h2-9,11-12H,10H2,1H3,(H,23,27)(H,24,28). The van der Waals surface area contributed by atoms with Crippen molar-refractivity contribution in [2.24, 2.45) is 0 Å². The van der Waals surface area contributed by atoms with Gasteiger partial charge in [0.05, 0.1) is 22.8 Å². The van der Waals surface area contributed by atoms with Crippen molar-refractivity contribution >= 4 is 51.1 Å². The van der Waals surface area contributed by atoms with Crippen molar-refractivity contribution in [1.29, 1.82) is 0 Å². The quantitative estimate of drug-likeness (QED) is 0.480. The number of nitrogens with one attached hydrogen (secondary N) is 2. The molecular formula is C21H17ClN4O2S. The smallest absolute Gasteiger partial charge is 0.230 e. The molecule has 0 unspecified atom stereocenters. The summed E-state index contributed by atoms with van der Waals surface area (Å²) < 4.78 is 1.94. The Kier molecular flexibility index (Phi) is 5.33. The maximum absolute atomic E-state index is 12.5. The summed E-state index contributed by atoms with van der Waals surface area (Å²) in [5.74, 6) is -0.372. The van der Waals surface area contributed by atoms with Crippen LogP contribution in [0.5, 0.6) is 0 Å². The van der Waals surface area contributed by atoms with Gasteiger partial charge >= 0.3 is 0 Å². The van der Waals surface area contributed by atoms with Crippen LogP contribution in [0, 0.1) is 0 Å². The van der Waals surface area contributed by atoms with E-state index in [4.69, 9.17) is 11.6 Å². The zero-order valence-electron chi connectivity index (χ0n) is 15.5. The molecule has 2 N–H and O–H groups in total. The number of carbonyl (C=O) groups excluding carboxylic acids is 2. The second-order valence-corrected chi connectivity index (χ2v) is 7.72. The van der Waals surface area contributed by atoms with Gasteiger partial charge in [-0.05, 0) is 18.2 Å². The zero-order chi connectivity index (χ0) is 20.4. The van der Waals surface area contributed by atoms with E-state index in [9.17, 15) is 9.59 Å². The number of anilines is 2. The first-order chi connectivity index (χ1) is 14.0. The number of carbonyl (C=O) groups is 2. The maximum atomic E-state index is 12.5. The summed E-state index contributed by atoms with van der Waals surface area (Å²) in [5, 5.41) is 7.76. The molecule has 29 heavy (non-hydrogen) atoms. The summed E-state index contributed by atoms with van der Waals surface area (Å²) in [5.41, 5.74) is 3.82. The average molecular weight is 425 g/mol. The molecule has 0 fully saturated rings. The average Bonchev–Trinajstić information content (AvgIpc) is 3.26. The number of rotatable bonds is 5. The monoisotopic (exact) mass is 424 g/mol. The Balaban J connectivity index is 1.49. The highest BCUT2D eigenvalue weighted by molar-refractivity contribution is 7.15. The first-order valence-corrected chi connectivity index (χ1v) is 10.1. The van der Waals surface area contributed by atoms with Crippen LogP contribution in [0.15, 0.2) is 60.1 Å². The SMILES string of the molecule is CC(=O)Nc1ccc(NC(=O)Cc2csc3nc(-c4ccccc4)cn23)c(Cl)c1. The van der Waals surface area contributed by atoms with Crippen LogP contribution in [-0.2, 0) is 16.0 Å². The molecule has 8 heteroatoms. The van der Waals surface area contributed by atoms with Crippen molar-refractivity contribution in [3.63, 3.8) is 0 Å². The molecule has 2 amide bonds. The number of fused-ring (bicyclic) bond motifs is 1. The third kappa shape index (κ3) is 4.31. The molecule has 0 aliphatic rings. The Morgan fingerprint density at radius 2 is 1.93 bits per heavy atom. The molecule has 2 aromatic heterocycles. The molecule has 0 saturated heterocycles. The van der Waals surface area contributed by atoms with E-state index in [-0.39, 0.29) is 18.2 Å². The molecule has 146 valence electrons. The predicted octanol–water partition coefficient (Wildman–Crippen LogP) is 4.86. The van der Waals surface area contributed by atoms with Gasteiger partial charge in [-0.25, -0.2) is 4.98 Å². The van der Waals surface area contributed by atoms with Crippen molar-refractivity contribution in [3.05, 3.63) is 70.8 Å². The van der Waals surface area contributed by atoms with Gasteiger partial charge in [0.15, 0.2) is 4.96 Å². The summed E-state index contributed by atoms with van der Waals surface area (Å²) in [7, 11) is 0. The van der Waals surface area contributed by atoms with Gasteiger partial charge in [-0.15, -0.1) is 11.3 Å². The van der Waals surface area contributed by atoms with Crippen LogP contribution in [0.25, 0.3) is 16.2 Å². The molecule has 4 rings (SSSR count). The number of benzene rings is 2. The van der Waals surface area contributed by atoms with E-state index in [2.05, 4.69) is 15.6 Å². The lowest BCUT2D eigenvalue weighted by atomic mass is 10.2. The summed E-state index contributed by atoms with van der Waals surface area (Å²) in [6.45, 7) is 1.42. The van der Waals surface area contributed by atoms with Gasteiger partial charge in [-0.2, -0.15) is 0 Å². The predicted molar refractivity (Wildman–Crippen MR) is 117 cm³/mol. The summed E-state index contributed by atoms with van der Waals surface area (Å²) in [6.07, 6.45) is 2.13. The minimum atomic E-state index is -0.186.